The molecule has 1 aromatic heterocycles. The topological polar surface area (TPSA) is 28.2 Å². The Labute approximate surface area is 122 Å². The van der Waals surface area contributed by atoms with Crippen molar-refractivity contribution < 1.29 is 0 Å². The van der Waals surface area contributed by atoms with Crippen LogP contribution in [0.5, 0.6) is 0 Å². The van der Waals surface area contributed by atoms with E-state index in [1.807, 2.05) is 18.4 Å². The molecule has 0 saturated heterocycles. The summed E-state index contributed by atoms with van der Waals surface area (Å²) in [7, 11) is 4.16. The fraction of sp³-hybridized carbons (Fsp3) is 0.800. The lowest BCUT2D eigenvalue weighted by Crippen LogP contribution is -2.40. The van der Waals surface area contributed by atoms with Crippen molar-refractivity contribution in [1.29, 1.82) is 0 Å². The predicted octanol–water partition coefficient (Wildman–Crippen LogP) is 4.00. The third-order valence-electron chi connectivity index (χ3n) is 4.19. The lowest BCUT2D eigenvalue weighted by Gasteiger charge is -2.34. The Morgan fingerprint density at radius 2 is 2.00 bits per heavy atom. The molecule has 1 aromatic rings. The van der Waals surface area contributed by atoms with E-state index in [4.69, 9.17) is 4.98 Å². The van der Waals surface area contributed by atoms with Crippen molar-refractivity contribution in [2.75, 3.05) is 19.0 Å². The Kier molecular flexibility index (Phi) is 5.81. The van der Waals surface area contributed by atoms with Crippen molar-refractivity contribution >= 4 is 16.5 Å². The number of nitrogens with zero attached hydrogens (tertiary/aromatic N) is 2. The lowest BCUT2D eigenvalue weighted by molar-refractivity contribution is 0.469. The lowest BCUT2D eigenvalue weighted by atomic mass is 10.0. The first kappa shape index (κ1) is 16.4. The summed E-state index contributed by atoms with van der Waals surface area (Å²) in [5.74, 6) is 0.534. The summed E-state index contributed by atoms with van der Waals surface area (Å²) in [4.78, 5) is 8.62. The van der Waals surface area contributed by atoms with E-state index < -0.39 is 0 Å². The molecular weight excluding hydrogens is 254 g/mol. The first-order valence-corrected chi connectivity index (χ1v) is 8.07. The maximum absolute atomic E-state index is 4.92. The molecule has 1 N–H and O–H groups in total. The summed E-state index contributed by atoms with van der Waals surface area (Å²) in [5.41, 5.74) is 1.43. The van der Waals surface area contributed by atoms with Crippen LogP contribution in [0, 0.1) is 0 Å². The Hall–Kier alpha value is -0.610. The van der Waals surface area contributed by atoms with Gasteiger partial charge in [0.15, 0.2) is 5.13 Å². The van der Waals surface area contributed by atoms with Gasteiger partial charge in [-0.2, -0.15) is 0 Å². The Morgan fingerprint density at radius 3 is 2.47 bits per heavy atom. The van der Waals surface area contributed by atoms with E-state index in [0.717, 1.165) is 24.5 Å². The van der Waals surface area contributed by atoms with Gasteiger partial charge in [0.1, 0.15) is 0 Å². The van der Waals surface area contributed by atoms with Gasteiger partial charge < -0.3 is 10.2 Å². The number of rotatable bonds is 7. The summed E-state index contributed by atoms with van der Waals surface area (Å²) >= 11 is 1.83. The second-order valence-corrected chi connectivity index (χ2v) is 6.93. The van der Waals surface area contributed by atoms with Gasteiger partial charge in [0.25, 0.3) is 0 Å². The quantitative estimate of drug-likeness (QED) is 0.820. The highest BCUT2D eigenvalue weighted by atomic mass is 32.1. The largest absolute Gasteiger partial charge is 0.346 e. The van der Waals surface area contributed by atoms with Crippen LogP contribution in [0.3, 0.4) is 0 Å². The maximum atomic E-state index is 4.92. The van der Waals surface area contributed by atoms with E-state index in [9.17, 15) is 0 Å². The summed E-state index contributed by atoms with van der Waals surface area (Å²) in [6.07, 6.45) is 2.25. The molecule has 0 saturated carbocycles. The molecule has 4 heteroatoms. The summed E-state index contributed by atoms with van der Waals surface area (Å²) in [6.45, 7) is 12.2. The van der Waals surface area contributed by atoms with Crippen molar-refractivity contribution in [2.24, 2.45) is 0 Å². The first-order chi connectivity index (χ1) is 8.87. The fourth-order valence-electron chi connectivity index (χ4n) is 1.86. The SMILES string of the molecule is CCC(C)c1nc(N(C)C(C)(C)CC)sc1CNC. The standard InChI is InChI=1S/C15H29N3S/c1-8-11(3)13-12(10-16-6)19-14(17-13)18(7)15(4,5)9-2/h11,16H,8-10H2,1-7H3. The average molecular weight is 283 g/mol. The minimum atomic E-state index is 0.154. The first-order valence-electron chi connectivity index (χ1n) is 7.25. The van der Waals surface area contributed by atoms with Gasteiger partial charge in [0, 0.05) is 24.0 Å². The second-order valence-electron chi connectivity index (χ2n) is 5.87. The van der Waals surface area contributed by atoms with Crippen molar-refractivity contribution in [1.82, 2.24) is 10.3 Å². The number of thiazole rings is 1. The van der Waals surface area contributed by atoms with E-state index in [-0.39, 0.29) is 5.54 Å². The molecule has 19 heavy (non-hydrogen) atoms. The summed E-state index contributed by atoms with van der Waals surface area (Å²) < 4.78 is 0. The van der Waals surface area contributed by atoms with Crippen LogP contribution in [0.1, 0.15) is 63.9 Å². The third-order valence-corrected chi connectivity index (χ3v) is 5.34. The molecule has 0 spiro atoms. The van der Waals surface area contributed by atoms with Gasteiger partial charge in [-0.1, -0.05) is 20.8 Å². The van der Waals surface area contributed by atoms with Gasteiger partial charge >= 0.3 is 0 Å². The van der Waals surface area contributed by atoms with E-state index in [2.05, 4.69) is 51.9 Å². The van der Waals surface area contributed by atoms with Gasteiger partial charge in [-0.3, -0.25) is 0 Å². The molecule has 1 atom stereocenters. The monoisotopic (exact) mass is 283 g/mol. The van der Waals surface area contributed by atoms with Crippen LogP contribution in [0.4, 0.5) is 5.13 Å². The Morgan fingerprint density at radius 1 is 1.37 bits per heavy atom. The van der Waals surface area contributed by atoms with Crippen LogP contribution in [0.2, 0.25) is 0 Å². The van der Waals surface area contributed by atoms with Crippen LogP contribution in [-0.4, -0.2) is 24.6 Å². The molecule has 0 aliphatic carbocycles. The van der Waals surface area contributed by atoms with Crippen LogP contribution in [0.15, 0.2) is 0 Å². The average Bonchev–Trinajstić information content (AvgIpc) is 2.81. The number of anilines is 1. The number of hydrogen-bond acceptors (Lipinski definition) is 4. The number of aromatic nitrogens is 1. The third kappa shape index (κ3) is 3.69. The number of hydrogen-bond donors (Lipinski definition) is 1. The molecule has 110 valence electrons. The molecule has 0 aliphatic rings. The van der Waals surface area contributed by atoms with E-state index in [1.165, 1.54) is 10.6 Å². The zero-order valence-electron chi connectivity index (χ0n) is 13.5. The molecule has 0 fully saturated rings. The maximum Gasteiger partial charge on any atom is 0.186 e. The summed E-state index contributed by atoms with van der Waals surface area (Å²) in [6, 6.07) is 0. The van der Waals surface area contributed by atoms with Gasteiger partial charge in [-0.25, -0.2) is 4.98 Å². The highest BCUT2D eigenvalue weighted by Gasteiger charge is 2.26. The molecule has 0 aromatic carbocycles. The minimum absolute atomic E-state index is 0.154. The fourth-order valence-corrected chi connectivity index (χ4v) is 3.17. The van der Waals surface area contributed by atoms with Crippen LogP contribution < -0.4 is 10.2 Å². The molecule has 0 amide bonds. The van der Waals surface area contributed by atoms with Gasteiger partial charge in [-0.05, 0) is 39.7 Å². The normalized spacial score (nSPS) is 13.6. The van der Waals surface area contributed by atoms with Gasteiger partial charge in [0.2, 0.25) is 0 Å². The van der Waals surface area contributed by atoms with Crippen molar-refractivity contribution in [2.45, 2.75) is 65.5 Å². The van der Waals surface area contributed by atoms with Crippen molar-refractivity contribution in [3.8, 4) is 0 Å². The number of nitrogens with one attached hydrogen (secondary N) is 1. The zero-order chi connectivity index (χ0) is 14.6. The van der Waals surface area contributed by atoms with Crippen LogP contribution in [0.25, 0.3) is 0 Å². The van der Waals surface area contributed by atoms with Crippen LogP contribution in [-0.2, 0) is 6.54 Å². The minimum Gasteiger partial charge on any atom is -0.346 e. The molecule has 3 nitrogen and oxygen atoms in total. The van der Waals surface area contributed by atoms with Crippen molar-refractivity contribution in [3.63, 3.8) is 0 Å². The molecule has 0 aliphatic heterocycles. The second kappa shape index (κ2) is 6.71. The highest BCUT2D eigenvalue weighted by Crippen LogP contribution is 2.34. The molecule has 0 radical (unpaired) electrons. The molecule has 1 rings (SSSR count). The van der Waals surface area contributed by atoms with Gasteiger partial charge in [-0.15, -0.1) is 11.3 Å². The van der Waals surface area contributed by atoms with Crippen molar-refractivity contribution in [3.05, 3.63) is 10.6 Å². The predicted molar refractivity (Wildman–Crippen MR) is 86.4 cm³/mol. The summed E-state index contributed by atoms with van der Waals surface area (Å²) in [5, 5.41) is 4.41. The Bertz CT molecular complexity index is 398. The molecule has 0 bridgehead atoms. The van der Waals surface area contributed by atoms with E-state index >= 15 is 0 Å². The van der Waals surface area contributed by atoms with E-state index in [0.29, 0.717) is 5.92 Å². The van der Waals surface area contributed by atoms with Gasteiger partial charge in [0.05, 0.1) is 5.69 Å². The zero-order valence-corrected chi connectivity index (χ0v) is 14.3. The molecule has 1 heterocycles. The Balaban J connectivity index is 3.10. The van der Waals surface area contributed by atoms with Crippen LogP contribution >= 0.6 is 11.3 Å². The smallest absolute Gasteiger partial charge is 0.186 e. The molecule has 1 unspecified atom stereocenters. The van der Waals surface area contributed by atoms with E-state index in [1.54, 1.807) is 0 Å². The highest BCUT2D eigenvalue weighted by molar-refractivity contribution is 7.15. The molecular formula is C15H29N3S.